The van der Waals surface area contributed by atoms with Gasteiger partial charge in [-0.2, -0.15) is 0 Å². The summed E-state index contributed by atoms with van der Waals surface area (Å²) in [4.78, 5) is 19.2. The van der Waals surface area contributed by atoms with Gasteiger partial charge in [-0.3, -0.25) is 4.79 Å². The van der Waals surface area contributed by atoms with E-state index in [1.165, 1.54) is 0 Å². The van der Waals surface area contributed by atoms with E-state index in [4.69, 9.17) is 0 Å². The molecule has 1 unspecified atom stereocenters. The number of rotatable bonds is 4. The molecule has 0 radical (unpaired) electrons. The van der Waals surface area contributed by atoms with Crippen LogP contribution in [-0.2, 0) is 11.2 Å². The van der Waals surface area contributed by atoms with Crippen molar-refractivity contribution in [1.82, 2.24) is 9.97 Å². The smallest absolute Gasteiger partial charge is 0.314 e. The maximum absolute atomic E-state index is 11.2. The molecular weight excluding hydrogens is 216 g/mol. The third-order valence-corrected chi connectivity index (χ3v) is 2.48. The van der Waals surface area contributed by atoms with Gasteiger partial charge in [0, 0.05) is 12.4 Å². The molecule has 0 spiro atoms. The van der Waals surface area contributed by atoms with Crippen LogP contribution in [0.1, 0.15) is 17.3 Å². The molecule has 1 atom stereocenters. The molecule has 1 aromatic carbocycles. The van der Waals surface area contributed by atoms with Crippen LogP contribution in [0.15, 0.2) is 48.8 Å². The first-order valence-corrected chi connectivity index (χ1v) is 5.31. The summed E-state index contributed by atoms with van der Waals surface area (Å²) >= 11 is 0. The highest BCUT2D eigenvalue weighted by molar-refractivity contribution is 5.75. The molecule has 0 saturated carbocycles. The lowest BCUT2D eigenvalue weighted by molar-refractivity contribution is -0.139. The summed E-state index contributed by atoms with van der Waals surface area (Å²) in [6.07, 6.45) is 3.52. The van der Waals surface area contributed by atoms with E-state index in [-0.39, 0.29) is 0 Å². The summed E-state index contributed by atoms with van der Waals surface area (Å²) in [7, 11) is 0. The molecule has 1 aromatic heterocycles. The lowest BCUT2D eigenvalue weighted by Gasteiger charge is -2.10. The van der Waals surface area contributed by atoms with Gasteiger partial charge in [0.15, 0.2) is 0 Å². The number of hydrogen-bond donors (Lipinski definition) is 1. The Morgan fingerprint density at radius 1 is 1.12 bits per heavy atom. The fourth-order valence-corrected chi connectivity index (χ4v) is 1.63. The van der Waals surface area contributed by atoms with Crippen LogP contribution < -0.4 is 0 Å². The van der Waals surface area contributed by atoms with Crippen LogP contribution in [0.2, 0.25) is 0 Å². The van der Waals surface area contributed by atoms with E-state index in [1.54, 1.807) is 18.5 Å². The van der Waals surface area contributed by atoms with Crippen molar-refractivity contribution in [3.8, 4) is 0 Å². The normalized spacial score (nSPS) is 12.0. The highest BCUT2D eigenvalue weighted by Crippen LogP contribution is 2.17. The van der Waals surface area contributed by atoms with Crippen molar-refractivity contribution in [1.29, 1.82) is 0 Å². The summed E-state index contributed by atoms with van der Waals surface area (Å²) < 4.78 is 0. The average molecular weight is 228 g/mol. The lowest BCUT2D eigenvalue weighted by atomic mass is 9.99. The molecule has 1 heterocycles. The van der Waals surface area contributed by atoms with Gasteiger partial charge in [-0.05, 0) is 18.1 Å². The van der Waals surface area contributed by atoms with Gasteiger partial charge in [0.25, 0.3) is 0 Å². The monoisotopic (exact) mass is 228 g/mol. The molecule has 4 heteroatoms. The van der Waals surface area contributed by atoms with Crippen molar-refractivity contribution in [3.63, 3.8) is 0 Å². The highest BCUT2D eigenvalue weighted by Gasteiger charge is 2.22. The van der Waals surface area contributed by atoms with E-state index in [0.717, 1.165) is 5.56 Å². The number of carboxylic acids is 1. The summed E-state index contributed by atoms with van der Waals surface area (Å²) in [5, 5.41) is 9.21. The molecule has 0 fully saturated rings. The predicted octanol–water partition coefficient (Wildman–Crippen LogP) is 1.89. The van der Waals surface area contributed by atoms with E-state index in [0.29, 0.717) is 12.2 Å². The second kappa shape index (κ2) is 5.21. The Hall–Kier alpha value is -2.23. The van der Waals surface area contributed by atoms with Crippen molar-refractivity contribution >= 4 is 5.97 Å². The predicted molar refractivity (Wildman–Crippen MR) is 62.6 cm³/mol. The second-order valence-corrected chi connectivity index (χ2v) is 3.69. The van der Waals surface area contributed by atoms with E-state index in [1.807, 2.05) is 30.3 Å². The Kier molecular flexibility index (Phi) is 3.45. The molecule has 2 rings (SSSR count). The van der Waals surface area contributed by atoms with Crippen LogP contribution in [0, 0.1) is 0 Å². The van der Waals surface area contributed by atoms with Crippen molar-refractivity contribution in [2.45, 2.75) is 12.3 Å². The summed E-state index contributed by atoms with van der Waals surface area (Å²) in [5.74, 6) is -1.25. The molecule has 0 saturated heterocycles. The van der Waals surface area contributed by atoms with E-state index in [2.05, 4.69) is 9.97 Å². The highest BCUT2D eigenvalue weighted by atomic mass is 16.4. The summed E-state index contributed by atoms with van der Waals surface area (Å²) in [5.41, 5.74) is 0.965. The van der Waals surface area contributed by atoms with Gasteiger partial charge in [-0.1, -0.05) is 30.3 Å². The Labute approximate surface area is 99.0 Å². The van der Waals surface area contributed by atoms with Crippen LogP contribution >= 0.6 is 0 Å². The molecule has 0 bridgehead atoms. The van der Waals surface area contributed by atoms with Crippen LogP contribution in [0.5, 0.6) is 0 Å². The van der Waals surface area contributed by atoms with Crippen LogP contribution in [-0.4, -0.2) is 21.0 Å². The third kappa shape index (κ3) is 2.87. The Morgan fingerprint density at radius 2 is 1.76 bits per heavy atom. The standard InChI is InChI=1S/C13H12N2O2/c16-13(17)11(12-14-7-4-8-15-12)9-10-5-2-1-3-6-10/h1-8,11H,9H2,(H,16,17). The Bertz CT molecular complexity index is 485. The number of carboxylic acid groups (broad SMARTS) is 1. The quantitative estimate of drug-likeness (QED) is 0.867. The van der Waals surface area contributed by atoms with Crippen LogP contribution in [0.4, 0.5) is 0 Å². The van der Waals surface area contributed by atoms with Crippen LogP contribution in [0.25, 0.3) is 0 Å². The van der Waals surface area contributed by atoms with Crippen molar-refractivity contribution < 1.29 is 9.90 Å². The minimum atomic E-state index is -0.903. The van der Waals surface area contributed by atoms with Gasteiger partial charge in [-0.25, -0.2) is 9.97 Å². The molecule has 0 amide bonds. The van der Waals surface area contributed by atoms with Crippen molar-refractivity contribution in [2.75, 3.05) is 0 Å². The first-order valence-electron chi connectivity index (χ1n) is 5.31. The number of aliphatic carboxylic acids is 1. The first-order chi connectivity index (χ1) is 8.27. The number of benzene rings is 1. The zero-order valence-corrected chi connectivity index (χ0v) is 9.15. The first kappa shape index (κ1) is 11.3. The molecule has 17 heavy (non-hydrogen) atoms. The topological polar surface area (TPSA) is 63.1 Å². The molecule has 0 aliphatic heterocycles. The maximum Gasteiger partial charge on any atom is 0.314 e. The summed E-state index contributed by atoms with van der Waals surface area (Å²) in [6, 6.07) is 11.2. The Morgan fingerprint density at radius 3 is 2.35 bits per heavy atom. The maximum atomic E-state index is 11.2. The third-order valence-electron chi connectivity index (χ3n) is 2.48. The minimum absolute atomic E-state index is 0.351. The number of nitrogens with zero attached hydrogens (tertiary/aromatic N) is 2. The average Bonchev–Trinajstić information content (AvgIpc) is 2.38. The van der Waals surface area contributed by atoms with Crippen LogP contribution in [0.3, 0.4) is 0 Å². The SMILES string of the molecule is O=C(O)C(Cc1ccccc1)c1ncccn1. The zero-order chi connectivity index (χ0) is 12.1. The number of carbonyl (C=O) groups is 1. The number of aromatic nitrogens is 2. The van der Waals surface area contributed by atoms with Gasteiger partial charge < -0.3 is 5.11 Å². The van der Waals surface area contributed by atoms with Crippen molar-refractivity contribution in [3.05, 3.63) is 60.2 Å². The Balaban J connectivity index is 2.23. The van der Waals surface area contributed by atoms with Gasteiger partial charge in [-0.15, -0.1) is 0 Å². The molecule has 2 aromatic rings. The van der Waals surface area contributed by atoms with Gasteiger partial charge >= 0.3 is 5.97 Å². The van der Waals surface area contributed by atoms with E-state index in [9.17, 15) is 9.90 Å². The molecule has 1 N–H and O–H groups in total. The number of hydrogen-bond acceptors (Lipinski definition) is 3. The fourth-order valence-electron chi connectivity index (χ4n) is 1.63. The van der Waals surface area contributed by atoms with E-state index >= 15 is 0 Å². The largest absolute Gasteiger partial charge is 0.481 e. The van der Waals surface area contributed by atoms with Crippen molar-refractivity contribution in [2.24, 2.45) is 0 Å². The molecule has 4 nitrogen and oxygen atoms in total. The molecular formula is C13H12N2O2. The van der Waals surface area contributed by atoms with Gasteiger partial charge in [0.05, 0.1) is 0 Å². The van der Waals surface area contributed by atoms with Gasteiger partial charge in [0.1, 0.15) is 11.7 Å². The minimum Gasteiger partial charge on any atom is -0.481 e. The lowest BCUT2D eigenvalue weighted by Crippen LogP contribution is -2.17. The summed E-state index contributed by atoms with van der Waals surface area (Å²) in [6.45, 7) is 0. The van der Waals surface area contributed by atoms with E-state index < -0.39 is 11.9 Å². The molecule has 86 valence electrons. The zero-order valence-electron chi connectivity index (χ0n) is 9.15. The molecule has 0 aliphatic carbocycles. The van der Waals surface area contributed by atoms with Gasteiger partial charge in [0.2, 0.25) is 0 Å². The second-order valence-electron chi connectivity index (χ2n) is 3.69. The molecule has 0 aliphatic rings. The fraction of sp³-hybridized carbons (Fsp3) is 0.154.